The van der Waals surface area contributed by atoms with Gasteiger partial charge in [-0.05, 0) is 17.7 Å². The zero-order valence-electron chi connectivity index (χ0n) is 14.4. The van der Waals surface area contributed by atoms with E-state index in [2.05, 4.69) is 6.58 Å². The van der Waals surface area contributed by atoms with Crippen LogP contribution in [0.2, 0.25) is 0 Å². The van der Waals surface area contributed by atoms with E-state index in [4.69, 9.17) is 4.74 Å². The molecule has 1 saturated heterocycles. The van der Waals surface area contributed by atoms with Crippen molar-refractivity contribution in [1.29, 1.82) is 0 Å². The molecule has 1 fully saturated rings. The van der Waals surface area contributed by atoms with E-state index in [9.17, 15) is 14.7 Å². The number of carbonyl (C=O) groups is 2. The molecule has 5 nitrogen and oxygen atoms in total. The normalized spacial score (nSPS) is 18.8. The smallest absolute Gasteiger partial charge is 0.295 e. The van der Waals surface area contributed by atoms with Gasteiger partial charge in [0.15, 0.2) is 0 Å². The number of carbonyl (C=O) groups excluding carboxylic acids is 2. The lowest BCUT2D eigenvalue weighted by atomic mass is 9.95. The third-order valence-corrected chi connectivity index (χ3v) is 4.34. The lowest BCUT2D eigenvalue weighted by Gasteiger charge is -2.24. The minimum absolute atomic E-state index is 0.0771. The Kier molecular flexibility index (Phi) is 4.89. The Balaban J connectivity index is 2.17. The second-order valence-corrected chi connectivity index (χ2v) is 5.88. The summed E-state index contributed by atoms with van der Waals surface area (Å²) in [6.45, 7) is 3.86. The molecule has 1 unspecified atom stereocenters. The molecule has 0 aliphatic carbocycles. The summed E-state index contributed by atoms with van der Waals surface area (Å²) < 4.78 is 5.17. The molecule has 0 spiro atoms. The minimum atomic E-state index is -0.700. The molecule has 1 aliphatic rings. The molecular weight excluding hydrogens is 330 g/mol. The quantitative estimate of drug-likeness (QED) is 0.389. The standard InChI is InChI=1S/C21H19NO4/c1-3-13-22-18(14-9-11-16(26-2)12-10-14)17(20(24)21(22)25)19(23)15-7-5-4-6-8-15/h3-12,18,23H,1,13H2,2H3/b19-17+. The molecule has 1 atom stereocenters. The first-order valence-electron chi connectivity index (χ1n) is 8.17. The largest absolute Gasteiger partial charge is 0.507 e. The number of likely N-dealkylation sites (tertiary alicyclic amines) is 1. The first-order chi connectivity index (χ1) is 12.6. The van der Waals surface area contributed by atoms with E-state index < -0.39 is 17.7 Å². The Labute approximate surface area is 151 Å². The van der Waals surface area contributed by atoms with Crippen molar-refractivity contribution < 1.29 is 19.4 Å². The lowest BCUT2D eigenvalue weighted by molar-refractivity contribution is -0.139. The SMILES string of the molecule is C=CCN1C(=O)C(=O)/C(=C(/O)c2ccccc2)C1c1ccc(OC)cc1. The number of rotatable bonds is 5. The molecule has 0 aromatic heterocycles. The first-order valence-corrected chi connectivity index (χ1v) is 8.17. The number of hydrogen-bond donors (Lipinski definition) is 1. The van der Waals surface area contributed by atoms with Gasteiger partial charge in [-0.15, -0.1) is 6.58 Å². The Morgan fingerprint density at radius 3 is 2.38 bits per heavy atom. The van der Waals surface area contributed by atoms with E-state index in [1.54, 1.807) is 61.7 Å². The fourth-order valence-electron chi connectivity index (χ4n) is 3.09. The summed E-state index contributed by atoms with van der Waals surface area (Å²) in [6.07, 6.45) is 1.56. The average Bonchev–Trinajstić information content (AvgIpc) is 2.93. The number of amides is 1. The maximum absolute atomic E-state index is 12.6. The summed E-state index contributed by atoms with van der Waals surface area (Å²) in [6, 6.07) is 15.1. The van der Waals surface area contributed by atoms with Crippen LogP contribution >= 0.6 is 0 Å². The number of aliphatic hydroxyl groups excluding tert-OH is 1. The third-order valence-electron chi connectivity index (χ3n) is 4.34. The molecule has 3 rings (SSSR count). The Hall–Kier alpha value is -3.34. The Bertz CT molecular complexity index is 869. The van der Waals surface area contributed by atoms with Gasteiger partial charge in [-0.3, -0.25) is 9.59 Å². The van der Waals surface area contributed by atoms with Crippen LogP contribution in [0.4, 0.5) is 0 Å². The molecule has 0 radical (unpaired) electrons. The molecule has 1 N–H and O–H groups in total. The van der Waals surface area contributed by atoms with Crippen molar-refractivity contribution >= 4 is 17.4 Å². The van der Waals surface area contributed by atoms with E-state index in [1.807, 2.05) is 6.07 Å². The summed E-state index contributed by atoms with van der Waals surface area (Å²) in [5.74, 6) is -0.869. The lowest BCUT2D eigenvalue weighted by Crippen LogP contribution is -2.29. The van der Waals surface area contributed by atoms with Crippen molar-refractivity contribution in [1.82, 2.24) is 4.90 Å². The molecule has 5 heteroatoms. The van der Waals surface area contributed by atoms with Crippen LogP contribution in [0.25, 0.3) is 5.76 Å². The maximum Gasteiger partial charge on any atom is 0.295 e. The topological polar surface area (TPSA) is 66.8 Å². The summed E-state index contributed by atoms with van der Waals surface area (Å²) >= 11 is 0. The van der Waals surface area contributed by atoms with Crippen molar-refractivity contribution in [2.24, 2.45) is 0 Å². The van der Waals surface area contributed by atoms with Crippen LogP contribution in [0, 0.1) is 0 Å². The Morgan fingerprint density at radius 2 is 1.81 bits per heavy atom. The molecule has 2 aromatic rings. The second-order valence-electron chi connectivity index (χ2n) is 5.88. The number of benzene rings is 2. The number of hydrogen-bond acceptors (Lipinski definition) is 4. The summed E-state index contributed by atoms with van der Waals surface area (Å²) in [4.78, 5) is 26.6. The van der Waals surface area contributed by atoms with E-state index >= 15 is 0 Å². The number of ketones is 1. The zero-order chi connectivity index (χ0) is 18.7. The molecule has 1 heterocycles. The fraction of sp³-hybridized carbons (Fsp3) is 0.143. The van der Waals surface area contributed by atoms with E-state index in [-0.39, 0.29) is 17.9 Å². The van der Waals surface area contributed by atoms with E-state index in [0.717, 1.165) is 0 Å². The Morgan fingerprint density at radius 1 is 1.15 bits per heavy atom. The first kappa shape index (κ1) is 17.5. The molecule has 1 aliphatic heterocycles. The predicted octanol–water partition coefficient (Wildman–Crippen LogP) is 3.30. The molecular formula is C21H19NO4. The van der Waals surface area contributed by atoms with Gasteiger partial charge in [0, 0.05) is 12.1 Å². The highest BCUT2D eigenvalue weighted by atomic mass is 16.5. The van der Waals surface area contributed by atoms with Gasteiger partial charge in [-0.2, -0.15) is 0 Å². The monoisotopic (exact) mass is 349 g/mol. The van der Waals surface area contributed by atoms with Crippen LogP contribution in [0.15, 0.2) is 72.8 Å². The van der Waals surface area contributed by atoms with Gasteiger partial charge in [0.25, 0.3) is 11.7 Å². The fourth-order valence-corrected chi connectivity index (χ4v) is 3.09. The number of aliphatic hydroxyl groups is 1. The van der Waals surface area contributed by atoms with Crippen molar-refractivity contribution in [3.8, 4) is 5.75 Å². The number of methoxy groups -OCH3 is 1. The van der Waals surface area contributed by atoms with Crippen LogP contribution in [-0.2, 0) is 9.59 Å². The van der Waals surface area contributed by atoms with Crippen molar-refractivity contribution in [2.45, 2.75) is 6.04 Å². The van der Waals surface area contributed by atoms with Crippen LogP contribution in [0.5, 0.6) is 5.75 Å². The van der Waals surface area contributed by atoms with Crippen molar-refractivity contribution in [3.05, 3.63) is 84.0 Å². The van der Waals surface area contributed by atoms with E-state index in [1.165, 1.54) is 4.90 Å². The maximum atomic E-state index is 12.6. The summed E-state index contributed by atoms with van der Waals surface area (Å²) in [5, 5.41) is 10.8. The van der Waals surface area contributed by atoms with Crippen LogP contribution < -0.4 is 4.74 Å². The van der Waals surface area contributed by atoms with Gasteiger partial charge in [0.2, 0.25) is 0 Å². The highest BCUT2D eigenvalue weighted by Crippen LogP contribution is 2.39. The van der Waals surface area contributed by atoms with Crippen molar-refractivity contribution in [3.63, 3.8) is 0 Å². The van der Waals surface area contributed by atoms with Gasteiger partial charge < -0.3 is 14.7 Å². The van der Waals surface area contributed by atoms with Gasteiger partial charge in [0.05, 0.1) is 18.7 Å². The number of ether oxygens (including phenoxy) is 1. The van der Waals surface area contributed by atoms with Gasteiger partial charge in [0.1, 0.15) is 11.5 Å². The van der Waals surface area contributed by atoms with Gasteiger partial charge in [-0.25, -0.2) is 0 Å². The molecule has 0 bridgehead atoms. The zero-order valence-corrected chi connectivity index (χ0v) is 14.4. The second kappa shape index (κ2) is 7.27. The summed E-state index contributed by atoms with van der Waals surface area (Å²) in [7, 11) is 1.56. The highest BCUT2D eigenvalue weighted by molar-refractivity contribution is 6.46. The molecule has 0 saturated carbocycles. The van der Waals surface area contributed by atoms with Crippen LogP contribution in [0.3, 0.4) is 0 Å². The number of nitrogens with zero attached hydrogens (tertiary/aromatic N) is 1. The van der Waals surface area contributed by atoms with Gasteiger partial charge in [-0.1, -0.05) is 48.5 Å². The molecule has 26 heavy (non-hydrogen) atoms. The van der Waals surface area contributed by atoms with Crippen LogP contribution in [-0.4, -0.2) is 35.4 Å². The molecule has 2 aromatic carbocycles. The van der Waals surface area contributed by atoms with Gasteiger partial charge >= 0.3 is 0 Å². The third kappa shape index (κ3) is 2.99. The summed E-state index contributed by atoms with van der Waals surface area (Å²) in [5.41, 5.74) is 1.28. The predicted molar refractivity (Wildman–Crippen MR) is 98.6 cm³/mol. The average molecular weight is 349 g/mol. The number of Topliss-reactive ketones (excluding diaryl/α,β-unsaturated/α-hetero) is 1. The molecule has 1 amide bonds. The molecule has 132 valence electrons. The van der Waals surface area contributed by atoms with Crippen LogP contribution in [0.1, 0.15) is 17.2 Å². The highest BCUT2D eigenvalue weighted by Gasteiger charge is 2.45. The van der Waals surface area contributed by atoms with Crippen molar-refractivity contribution in [2.75, 3.05) is 13.7 Å². The minimum Gasteiger partial charge on any atom is -0.507 e. The van der Waals surface area contributed by atoms with E-state index in [0.29, 0.717) is 16.9 Å².